The number of nitrogens with zero attached hydrogens (tertiary/aromatic N) is 2. The number of sulfonamides is 1. The van der Waals surface area contributed by atoms with Gasteiger partial charge in [0, 0.05) is 34.6 Å². The quantitative estimate of drug-likeness (QED) is 0.422. The number of hydrogen-bond acceptors (Lipinski definition) is 5. The molecule has 0 saturated carbocycles. The van der Waals surface area contributed by atoms with Crippen LogP contribution in [0.25, 0.3) is 11.0 Å². The molecular weight excluding hydrogens is 447 g/mol. The molecule has 10 heteroatoms. The minimum Gasteiger partial charge on any atom is -0.346 e. The Hall–Kier alpha value is -2.94. The van der Waals surface area contributed by atoms with E-state index in [0.717, 1.165) is 0 Å². The largest absolute Gasteiger partial charge is 0.346 e. The van der Waals surface area contributed by atoms with Gasteiger partial charge in [0.2, 0.25) is 5.78 Å². The number of fused-ring (bicyclic) bond motifs is 1. The van der Waals surface area contributed by atoms with Gasteiger partial charge in [0.15, 0.2) is 0 Å². The number of nitrogens with one attached hydrogen (secondary N) is 2. The summed E-state index contributed by atoms with van der Waals surface area (Å²) in [4.78, 5) is 24.3. The number of aryl methyl sites for hydroxylation is 1. The van der Waals surface area contributed by atoms with Crippen LogP contribution < -0.4 is 4.72 Å². The number of ketones is 1. The number of H-pyrrole nitrogens is 1. The normalized spacial score (nSPS) is 12.0. The van der Waals surface area contributed by atoms with Crippen LogP contribution in [0, 0.1) is 6.92 Å². The highest BCUT2D eigenvalue weighted by molar-refractivity contribution is 7.92. The molecule has 3 heterocycles. The minimum atomic E-state index is -4.07. The first-order valence-electron chi connectivity index (χ1n) is 9.09. The van der Waals surface area contributed by atoms with Crippen molar-refractivity contribution in [3.63, 3.8) is 0 Å². The fraction of sp³-hybridized carbons (Fsp3) is 0.0500. The second kappa shape index (κ2) is 7.71. The molecule has 2 N–H and O–H groups in total. The molecule has 7 nitrogen and oxygen atoms in total. The monoisotopic (exact) mass is 461 g/mol. The standard InChI is InChI=1S/C20H14Cl2N4O3S/c1-11-8-13(2-3-16(11)22)30(28,29)26-17-9-12(21)10-25-18(17)19(27)14-4-6-23-20-15(14)5-7-24-20/h2-10,26H,1H3,(H,23,24)/i4D. The van der Waals surface area contributed by atoms with Gasteiger partial charge in [-0.2, -0.15) is 0 Å². The van der Waals surface area contributed by atoms with E-state index in [4.69, 9.17) is 24.6 Å². The van der Waals surface area contributed by atoms with Crippen LogP contribution in [-0.2, 0) is 10.0 Å². The maximum absolute atomic E-state index is 13.3. The van der Waals surface area contributed by atoms with Crippen LogP contribution in [0.2, 0.25) is 10.0 Å². The molecule has 0 radical (unpaired) electrons. The lowest BCUT2D eigenvalue weighted by atomic mass is 10.0. The molecule has 0 saturated heterocycles. The summed E-state index contributed by atoms with van der Waals surface area (Å²) in [6, 6.07) is 7.03. The fourth-order valence-corrected chi connectivity index (χ4v) is 4.32. The van der Waals surface area contributed by atoms with Gasteiger partial charge in [-0.1, -0.05) is 23.2 Å². The Morgan fingerprint density at radius 3 is 2.77 bits per heavy atom. The predicted octanol–water partition coefficient (Wildman–Crippen LogP) is 4.60. The van der Waals surface area contributed by atoms with E-state index < -0.39 is 15.8 Å². The van der Waals surface area contributed by atoms with Gasteiger partial charge in [-0.05, 0) is 48.9 Å². The number of aromatic nitrogens is 3. The van der Waals surface area contributed by atoms with E-state index in [-0.39, 0.29) is 32.9 Å². The summed E-state index contributed by atoms with van der Waals surface area (Å²) in [6.45, 7) is 1.68. The molecule has 0 aliphatic rings. The molecule has 0 amide bonds. The van der Waals surface area contributed by atoms with E-state index in [1.54, 1.807) is 19.2 Å². The molecule has 0 aliphatic carbocycles. The number of aromatic amines is 1. The van der Waals surface area contributed by atoms with Gasteiger partial charge in [-0.15, -0.1) is 0 Å². The van der Waals surface area contributed by atoms with Gasteiger partial charge in [0.1, 0.15) is 11.3 Å². The molecule has 0 atom stereocenters. The molecule has 1 aromatic carbocycles. The van der Waals surface area contributed by atoms with Crippen molar-refractivity contribution in [3.8, 4) is 0 Å². The maximum Gasteiger partial charge on any atom is 0.261 e. The van der Waals surface area contributed by atoms with E-state index in [1.165, 1.54) is 36.7 Å². The minimum absolute atomic E-state index is 0.0362. The number of halogens is 2. The average molecular weight is 462 g/mol. The van der Waals surface area contributed by atoms with E-state index in [2.05, 4.69) is 19.7 Å². The van der Waals surface area contributed by atoms with Crippen molar-refractivity contribution < 1.29 is 14.6 Å². The summed E-state index contributed by atoms with van der Waals surface area (Å²) in [7, 11) is -4.07. The second-order valence-electron chi connectivity index (χ2n) is 6.41. The zero-order chi connectivity index (χ0) is 22.3. The van der Waals surface area contributed by atoms with Crippen molar-refractivity contribution in [2.75, 3.05) is 4.72 Å². The van der Waals surface area contributed by atoms with Gasteiger partial charge >= 0.3 is 0 Å². The van der Waals surface area contributed by atoms with Crippen LogP contribution in [0.3, 0.4) is 0 Å². The summed E-state index contributed by atoms with van der Waals surface area (Å²) >= 11 is 12.0. The molecule has 0 spiro atoms. The van der Waals surface area contributed by atoms with Crippen molar-refractivity contribution in [1.82, 2.24) is 15.0 Å². The van der Waals surface area contributed by atoms with E-state index >= 15 is 0 Å². The molecule has 4 rings (SSSR count). The number of pyridine rings is 2. The molecule has 0 aliphatic heterocycles. The van der Waals surface area contributed by atoms with Crippen molar-refractivity contribution in [2.45, 2.75) is 11.8 Å². The zero-order valence-electron chi connectivity index (χ0n) is 16.4. The summed E-state index contributed by atoms with van der Waals surface area (Å²) < 4.78 is 36.4. The van der Waals surface area contributed by atoms with Crippen molar-refractivity contribution in [2.24, 2.45) is 0 Å². The lowest BCUT2D eigenvalue weighted by Gasteiger charge is -2.13. The Morgan fingerprint density at radius 1 is 1.20 bits per heavy atom. The zero-order valence-corrected chi connectivity index (χ0v) is 17.7. The third kappa shape index (κ3) is 3.77. The van der Waals surface area contributed by atoms with Crippen molar-refractivity contribution >= 4 is 55.7 Å². The SMILES string of the molecule is [2H]c1cnc2[nH]ccc2c1C(=O)c1ncc(Cl)cc1NS(=O)(=O)c1ccc(Cl)c(C)c1. The van der Waals surface area contributed by atoms with Crippen LogP contribution in [0.15, 0.2) is 59.9 Å². The van der Waals surface area contributed by atoms with Gasteiger partial charge in [0.25, 0.3) is 10.0 Å². The van der Waals surface area contributed by atoms with Crippen LogP contribution in [0.1, 0.15) is 23.0 Å². The Bertz CT molecular complexity index is 1450. The van der Waals surface area contributed by atoms with Crippen LogP contribution in [0.4, 0.5) is 5.69 Å². The van der Waals surface area contributed by atoms with Crippen molar-refractivity contribution in [3.05, 3.63) is 81.8 Å². The second-order valence-corrected chi connectivity index (χ2v) is 8.94. The average Bonchev–Trinajstić information content (AvgIpc) is 3.18. The van der Waals surface area contributed by atoms with E-state index in [9.17, 15) is 13.2 Å². The van der Waals surface area contributed by atoms with Gasteiger partial charge in [-0.3, -0.25) is 9.52 Å². The molecule has 0 fully saturated rings. The summed E-state index contributed by atoms with van der Waals surface area (Å²) in [5.74, 6) is -0.640. The summed E-state index contributed by atoms with van der Waals surface area (Å²) in [5, 5.41) is 0.987. The smallest absolute Gasteiger partial charge is 0.261 e. The highest BCUT2D eigenvalue weighted by atomic mass is 35.5. The molecular formula is C20H14Cl2N4O3S. The Labute approximate surface area is 183 Å². The Morgan fingerprint density at radius 2 is 2.00 bits per heavy atom. The Kier molecular flexibility index (Phi) is 4.90. The molecule has 0 unspecified atom stereocenters. The highest BCUT2D eigenvalue weighted by Gasteiger charge is 2.23. The van der Waals surface area contributed by atoms with Crippen LogP contribution >= 0.6 is 23.2 Å². The van der Waals surface area contributed by atoms with Gasteiger partial charge in [0.05, 0.1) is 17.0 Å². The number of carbonyl (C=O) groups excluding carboxylic acids is 1. The first-order chi connectivity index (χ1) is 14.7. The highest BCUT2D eigenvalue weighted by Crippen LogP contribution is 2.27. The third-order valence-electron chi connectivity index (χ3n) is 4.38. The topological polar surface area (TPSA) is 105 Å². The number of rotatable bonds is 5. The first-order valence-corrected chi connectivity index (χ1v) is 10.8. The number of hydrogen-bond donors (Lipinski definition) is 2. The molecule has 152 valence electrons. The summed E-state index contributed by atoms with van der Waals surface area (Å²) in [6.07, 6.45) is 4.07. The fourth-order valence-electron chi connectivity index (χ4n) is 2.90. The van der Waals surface area contributed by atoms with E-state index in [0.29, 0.717) is 21.6 Å². The molecule has 4 aromatic rings. The van der Waals surface area contributed by atoms with Gasteiger partial charge < -0.3 is 4.98 Å². The number of anilines is 1. The summed E-state index contributed by atoms with van der Waals surface area (Å²) in [5.41, 5.74) is 0.748. The molecule has 0 bridgehead atoms. The predicted molar refractivity (Wildman–Crippen MR) is 116 cm³/mol. The van der Waals surface area contributed by atoms with Crippen LogP contribution in [0.5, 0.6) is 0 Å². The molecule has 30 heavy (non-hydrogen) atoms. The lowest BCUT2D eigenvalue weighted by Crippen LogP contribution is -2.17. The first kappa shape index (κ1) is 19.0. The van der Waals surface area contributed by atoms with Gasteiger partial charge in [-0.25, -0.2) is 18.4 Å². The number of carbonyl (C=O) groups is 1. The van der Waals surface area contributed by atoms with Crippen LogP contribution in [-0.4, -0.2) is 29.2 Å². The third-order valence-corrected chi connectivity index (χ3v) is 6.37. The Balaban J connectivity index is 1.81. The van der Waals surface area contributed by atoms with Crippen molar-refractivity contribution in [1.29, 1.82) is 0 Å². The maximum atomic E-state index is 13.3. The molecule has 3 aromatic heterocycles. The number of benzene rings is 1. The lowest BCUT2D eigenvalue weighted by molar-refractivity contribution is 0.103. The van der Waals surface area contributed by atoms with E-state index in [1.807, 2.05) is 0 Å².